The maximum Gasteiger partial charge on any atom is 0.332 e. The zero-order valence-corrected chi connectivity index (χ0v) is 13.1. The van der Waals surface area contributed by atoms with Crippen LogP contribution in [-0.2, 0) is 16.0 Å². The largest absolute Gasteiger partial charge is 0.467 e. The molecular weight excluding hydrogens is 311 g/mol. The van der Waals surface area contributed by atoms with Crippen molar-refractivity contribution in [2.45, 2.75) is 12.5 Å². The van der Waals surface area contributed by atoms with Gasteiger partial charge in [-0.2, -0.15) is 0 Å². The molecule has 5 nitrogen and oxygen atoms in total. The number of methoxy groups -OCH3 is 1. The molecule has 0 bridgehead atoms. The normalized spacial score (nSPS) is 14.3. The fourth-order valence-corrected chi connectivity index (χ4v) is 2.72. The van der Waals surface area contributed by atoms with Crippen LogP contribution >= 0.6 is 0 Å². The topological polar surface area (TPSA) is 67.4 Å². The molecule has 6 heteroatoms. The lowest BCUT2D eigenvalue weighted by Crippen LogP contribution is -2.32. The number of halogens is 1. The van der Waals surface area contributed by atoms with Crippen LogP contribution in [0.5, 0.6) is 0 Å². The zero-order valence-electron chi connectivity index (χ0n) is 13.1. The Kier molecular flexibility index (Phi) is 4.46. The van der Waals surface area contributed by atoms with Crippen LogP contribution < -0.4 is 10.6 Å². The van der Waals surface area contributed by atoms with Crippen molar-refractivity contribution in [2.24, 2.45) is 0 Å². The van der Waals surface area contributed by atoms with Gasteiger partial charge in [-0.05, 0) is 41.8 Å². The summed E-state index contributed by atoms with van der Waals surface area (Å²) in [4.78, 5) is 24.0. The molecule has 0 spiro atoms. The number of carbonyl (C=O) groups is 2. The Labute approximate surface area is 138 Å². The van der Waals surface area contributed by atoms with E-state index in [0.717, 1.165) is 12.0 Å². The predicted octanol–water partition coefficient (Wildman–Crippen LogP) is 2.44. The van der Waals surface area contributed by atoms with E-state index in [1.165, 1.54) is 31.4 Å². The van der Waals surface area contributed by atoms with Crippen LogP contribution in [-0.4, -0.2) is 25.5 Å². The van der Waals surface area contributed by atoms with E-state index >= 15 is 0 Å². The number of carbonyl (C=O) groups excluding carboxylic acids is 2. The molecule has 1 aliphatic rings. The van der Waals surface area contributed by atoms with Crippen molar-refractivity contribution in [3.8, 4) is 0 Å². The quantitative estimate of drug-likeness (QED) is 0.846. The number of amides is 1. The van der Waals surface area contributed by atoms with Gasteiger partial charge in [-0.25, -0.2) is 9.18 Å². The van der Waals surface area contributed by atoms with Gasteiger partial charge in [0.25, 0.3) is 5.91 Å². The smallest absolute Gasteiger partial charge is 0.332 e. The number of benzene rings is 2. The number of nitrogens with one attached hydrogen (secondary N) is 2. The lowest BCUT2D eigenvalue weighted by molar-refractivity contribution is -0.141. The first-order chi connectivity index (χ1) is 11.6. The summed E-state index contributed by atoms with van der Waals surface area (Å²) >= 11 is 0. The van der Waals surface area contributed by atoms with Gasteiger partial charge < -0.3 is 15.4 Å². The molecule has 1 heterocycles. The molecule has 0 saturated carbocycles. The SMILES string of the molecule is COC(=O)[C@@H](Nc1ccc2c(c1)C(=O)NCC2)c1ccc(F)cc1. The van der Waals surface area contributed by atoms with Crippen molar-refractivity contribution in [2.75, 3.05) is 19.0 Å². The molecule has 3 rings (SSSR count). The molecular formula is C18H17FN2O3. The summed E-state index contributed by atoms with van der Waals surface area (Å²) in [6, 6.07) is 10.2. The van der Waals surface area contributed by atoms with Gasteiger partial charge in [0.1, 0.15) is 5.82 Å². The van der Waals surface area contributed by atoms with Gasteiger partial charge in [-0.15, -0.1) is 0 Å². The van der Waals surface area contributed by atoms with E-state index in [-0.39, 0.29) is 11.7 Å². The Morgan fingerprint density at radius 1 is 1.25 bits per heavy atom. The van der Waals surface area contributed by atoms with Gasteiger partial charge in [-0.1, -0.05) is 18.2 Å². The Morgan fingerprint density at radius 3 is 2.71 bits per heavy atom. The molecule has 0 saturated heterocycles. The molecule has 0 unspecified atom stereocenters. The van der Waals surface area contributed by atoms with Crippen molar-refractivity contribution in [1.82, 2.24) is 5.32 Å². The van der Waals surface area contributed by atoms with Crippen molar-refractivity contribution < 1.29 is 18.7 Å². The minimum atomic E-state index is -0.791. The van der Waals surface area contributed by atoms with Crippen molar-refractivity contribution in [1.29, 1.82) is 0 Å². The summed E-state index contributed by atoms with van der Waals surface area (Å²) in [5, 5.41) is 5.85. The van der Waals surface area contributed by atoms with Crippen LogP contribution in [0.15, 0.2) is 42.5 Å². The number of anilines is 1. The average Bonchev–Trinajstić information content (AvgIpc) is 2.60. The molecule has 124 valence electrons. The molecule has 0 fully saturated rings. The van der Waals surface area contributed by atoms with Crippen LogP contribution in [0, 0.1) is 5.82 Å². The second-order valence-electron chi connectivity index (χ2n) is 5.53. The highest BCUT2D eigenvalue weighted by atomic mass is 19.1. The van der Waals surface area contributed by atoms with Crippen LogP contribution in [0.1, 0.15) is 27.5 Å². The second kappa shape index (κ2) is 6.70. The van der Waals surface area contributed by atoms with Gasteiger partial charge >= 0.3 is 5.97 Å². The van der Waals surface area contributed by atoms with E-state index in [1.807, 2.05) is 12.1 Å². The van der Waals surface area contributed by atoms with Crippen molar-refractivity contribution in [3.63, 3.8) is 0 Å². The van der Waals surface area contributed by atoms with Gasteiger partial charge in [-0.3, -0.25) is 4.79 Å². The molecule has 0 radical (unpaired) electrons. The minimum absolute atomic E-state index is 0.128. The number of ether oxygens (including phenoxy) is 1. The van der Waals surface area contributed by atoms with Gasteiger partial charge in [0.2, 0.25) is 0 Å². The monoisotopic (exact) mass is 328 g/mol. The number of hydrogen-bond acceptors (Lipinski definition) is 4. The standard InChI is InChI=1S/C18H17FN2O3/c1-24-18(23)16(12-2-5-13(19)6-3-12)21-14-7-4-11-8-9-20-17(22)15(11)10-14/h2-7,10,16,21H,8-9H2,1H3,(H,20,22)/t16-/m0/s1. The number of esters is 1. The van der Waals surface area contributed by atoms with Crippen LogP contribution in [0.2, 0.25) is 0 Å². The van der Waals surface area contributed by atoms with E-state index in [0.29, 0.717) is 23.4 Å². The molecule has 1 amide bonds. The Bertz CT molecular complexity index is 774. The lowest BCUT2D eigenvalue weighted by Gasteiger charge is -2.21. The molecule has 0 aliphatic carbocycles. The summed E-state index contributed by atoms with van der Waals surface area (Å²) in [7, 11) is 1.29. The fraction of sp³-hybridized carbons (Fsp3) is 0.222. The fourth-order valence-electron chi connectivity index (χ4n) is 2.72. The summed E-state index contributed by atoms with van der Waals surface area (Å²) in [5.74, 6) is -1.01. The van der Waals surface area contributed by atoms with Crippen molar-refractivity contribution in [3.05, 3.63) is 65.0 Å². The second-order valence-corrected chi connectivity index (χ2v) is 5.53. The summed E-state index contributed by atoms with van der Waals surface area (Å²) < 4.78 is 17.9. The molecule has 1 atom stereocenters. The first-order valence-electron chi connectivity index (χ1n) is 7.59. The Morgan fingerprint density at radius 2 is 2.00 bits per heavy atom. The third-order valence-corrected chi connectivity index (χ3v) is 3.99. The molecule has 0 aromatic heterocycles. The highest BCUT2D eigenvalue weighted by Gasteiger charge is 2.23. The average molecular weight is 328 g/mol. The third-order valence-electron chi connectivity index (χ3n) is 3.99. The van der Waals surface area contributed by atoms with Crippen LogP contribution in [0.3, 0.4) is 0 Å². The molecule has 2 aromatic carbocycles. The van der Waals surface area contributed by atoms with Crippen molar-refractivity contribution >= 4 is 17.6 Å². The molecule has 2 N–H and O–H groups in total. The first-order valence-corrected chi connectivity index (χ1v) is 7.59. The van der Waals surface area contributed by atoms with Gasteiger partial charge in [0, 0.05) is 17.8 Å². The van der Waals surface area contributed by atoms with Crippen LogP contribution in [0.25, 0.3) is 0 Å². The molecule has 1 aliphatic heterocycles. The van der Waals surface area contributed by atoms with Crippen LogP contribution in [0.4, 0.5) is 10.1 Å². The van der Waals surface area contributed by atoms with E-state index in [2.05, 4.69) is 10.6 Å². The summed E-state index contributed by atoms with van der Waals surface area (Å²) in [6.07, 6.45) is 0.778. The number of rotatable bonds is 4. The Balaban J connectivity index is 1.90. The molecule has 2 aromatic rings. The Hall–Kier alpha value is -2.89. The molecule has 24 heavy (non-hydrogen) atoms. The van der Waals surface area contributed by atoms with E-state index in [1.54, 1.807) is 6.07 Å². The lowest BCUT2D eigenvalue weighted by atomic mass is 9.99. The van der Waals surface area contributed by atoms with E-state index in [4.69, 9.17) is 4.74 Å². The maximum atomic E-state index is 13.1. The zero-order chi connectivity index (χ0) is 17.1. The van der Waals surface area contributed by atoms with Gasteiger partial charge in [0.15, 0.2) is 6.04 Å². The number of fused-ring (bicyclic) bond motifs is 1. The summed E-state index contributed by atoms with van der Waals surface area (Å²) in [5.41, 5.74) is 2.76. The van der Waals surface area contributed by atoms with E-state index in [9.17, 15) is 14.0 Å². The predicted molar refractivity (Wildman–Crippen MR) is 87.3 cm³/mol. The highest BCUT2D eigenvalue weighted by Crippen LogP contribution is 2.24. The van der Waals surface area contributed by atoms with Gasteiger partial charge in [0.05, 0.1) is 7.11 Å². The van der Waals surface area contributed by atoms with E-state index < -0.39 is 12.0 Å². The summed E-state index contributed by atoms with van der Waals surface area (Å²) in [6.45, 7) is 0.624. The maximum absolute atomic E-state index is 13.1. The number of hydrogen-bond donors (Lipinski definition) is 2. The highest BCUT2D eigenvalue weighted by molar-refractivity contribution is 5.97. The third kappa shape index (κ3) is 3.22. The minimum Gasteiger partial charge on any atom is -0.467 e. The first kappa shape index (κ1) is 16.0.